The fourth-order valence-electron chi connectivity index (χ4n) is 1.73. The van der Waals surface area contributed by atoms with Crippen molar-refractivity contribution in [3.63, 3.8) is 0 Å². The molecule has 0 aliphatic carbocycles. The summed E-state index contributed by atoms with van der Waals surface area (Å²) in [5, 5.41) is 3.14. The summed E-state index contributed by atoms with van der Waals surface area (Å²) in [6, 6.07) is 1.64. The van der Waals surface area contributed by atoms with Crippen molar-refractivity contribution in [2.45, 2.75) is 44.7 Å². The summed E-state index contributed by atoms with van der Waals surface area (Å²) in [6.45, 7) is 9.83. The molecule has 0 radical (unpaired) electrons. The number of hydrogen-bond acceptors (Lipinski definition) is 4. The van der Waals surface area contributed by atoms with Crippen LogP contribution in [0.3, 0.4) is 0 Å². The largest absolute Gasteiger partial charge is 0.375 e. The third kappa shape index (κ3) is 5.24. The molecule has 0 aliphatic heterocycles. The van der Waals surface area contributed by atoms with Crippen molar-refractivity contribution < 1.29 is 13.2 Å². The van der Waals surface area contributed by atoms with Gasteiger partial charge in [0.15, 0.2) is 0 Å². The maximum atomic E-state index is 12.2. The first-order chi connectivity index (χ1) is 9.30. The number of rotatable bonds is 9. The highest BCUT2D eigenvalue weighted by Gasteiger charge is 2.23. The predicted octanol–water partition coefficient (Wildman–Crippen LogP) is 1.22. The van der Waals surface area contributed by atoms with Gasteiger partial charge >= 0.3 is 0 Å². The molecule has 0 saturated carbocycles. The molecule has 116 valence electrons. The van der Waals surface area contributed by atoms with E-state index in [1.165, 1.54) is 6.20 Å². The molecule has 1 aromatic heterocycles. The van der Waals surface area contributed by atoms with Gasteiger partial charge in [-0.25, -0.2) is 13.1 Å². The summed E-state index contributed by atoms with van der Waals surface area (Å²) in [5.74, 6) is 0. The summed E-state index contributed by atoms with van der Waals surface area (Å²) in [4.78, 5) is 3.20. The van der Waals surface area contributed by atoms with Crippen LogP contribution in [0.2, 0.25) is 0 Å². The van der Waals surface area contributed by atoms with Crippen LogP contribution in [0, 0.1) is 0 Å². The molecule has 7 heteroatoms. The van der Waals surface area contributed by atoms with Crippen LogP contribution in [0.15, 0.2) is 17.2 Å². The van der Waals surface area contributed by atoms with Crippen molar-refractivity contribution in [3.8, 4) is 0 Å². The van der Waals surface area contributed by atoms with E-state index in [1.807, 2.05) is 27.7 Å². The lowest BCUT2D eigenvalue weighted by atomic mass is 10.1. The van der Waals surface area contributed by atoms with Gasteiger partial charge < -0.3 is 15.0 Å². The number of H-pyrrole nitrogens is 1. The van der Waals surface area contributed by atoms with E-state index in [2.05, 4.69) is 15.0 Å². The second kappa shape index (κ2) is 7.21. The van der Waals surface area contributed by atoms with Crippen LogP contribution in [-0.4, -0.2) is 38.7 Å². The van der Waals surface area contributed by atoms with Gasteiger partial charge in [-0.05, 0) is 33.4 Å². The molecule has 6 nitrogen and oxygen atoms in total. The molecule has 3 N–H and O–H groups in total. The van der Waals surface area contributed by atoms with E-state index in [1.54, 1.807) is 6.07 Å². The first kappa shape index (κ1) is 17.2. The quantitative estimate of drug-likeness (QED) is 0.640. The van der Waals surface area contributed by atoms with Crippen LogP contribution in [0.5, 0.6) is 0 Å². The molecular formula is C13H25N3O3S. The summed E-state index contributed by atoms with van der Waals surface area (Å²) < 4.78 is 32.4. The lowest BCUT2D eigenvalue weighted by Gasteiger charge is -2.24. The van der Waals surface area contributed by atoms with Crippen molar-refractivity contribution in [1.29, 1.82) is 0 Å². The summed E-state index contributed by atoms with van der Waals surface area (Å²) in [6.07, 6.45) is 1.50. The number of hydrogen-bond donors (Lipinski definition) is 3. The number of aromatic nitrogens is 1. The molecule has 0 aliphatic rings. The average Bonchev–Trinajstić information content (AvgIpc) is 2.84. The highest BCUT2D eigenvalue weighted by atomic mass is 32.2. The normalized spacial score (nSPS) is 12.8. The minimum Gasteiger partial charge on any atom is -0.375 e. The van der Waals surface area contributed by atoms with Crippen LogP contribution in [0.25, 0.3) is 0 Å². The fourth-order valence-corrected chi connectivity index (χ4v) is 2.95. The molecule has 1 aromatic rings. The zero-order valence-corrected chi connectivity index (χ0v) is 13.4. The monoisotopic (exact) mass is 303 g/mol. The zero-order chi connectivity index (χ0) is 15.2. The molecule has 0 fully saturated rings. The van der Waals surface area contributed by atoms with E-state index in [4.69, 9.17) is 4.74 Å². The van der Waals surface area contributed by atoms with Gasteiger partial charge in [0.2, 0.25) is 10.0 Å². The van der Waals surface area contributed by atoms with Crippen LogP contribution < -0.4 is 10.0 Å². The van der Waals surface area contributed by atoms with Crippen molar-refractivity contribution in [2.24, 2.45) is 0 Å². The number of sulfonamides is 1. The third-order valence-corrected chi connectivity index (χ3v) is 4.20. The Kier molecular flexibility index (Phi) is 6.19. The topological polar surface area (TPSA) is 83.2 Å². The average molecular weight is 303 g/mol. The Morgan fingerprint density at radius 3 is 2.65 bits per heavy atom. The van der Waals surface area contributed by atoms with Crippen molar-refractivity contribution >= 4 is 10.0 Å². The lowest BCUT2D eigenvalue weighted by molar-refractivity contribution is -0.00515. The summed E-state index contributed by atoms with van der Waals surface area (Å²) >= 11 is 0. The fraction of sp³-hybridized carbons (Fsp3) is 0.692. The Balaban J connectivity index is 2.66. The first-order valence-corrected chi connectivity index (χ1v) is 8.30. The van der Waals surface area contributed by atoms with Gasteiger partial charge in [0, 0.05) is 31.6 Å². The standard InChI is InChI=1S/C13H25N3O3S/c1-5-14-8-11-7-12(9-15-11)20(17,18)16-10-13(3,4)19-6-2/h7,9,14-16H,5-6,8,10H2,1-4H3. The number of ether oxygens (including phenoxy) is 1. The molecule has 0 aromatic carbocycles. The van der Waals surface area contributed by atoms with E-state index in [0.29, 0.717) is 13.2 Å². The Labute approximate surface area is 121 Å². The summed E-state index contributed by atoms with van der Waals surface area (Å²) in [7, 11) is -3.51. The highest BCUT2D eigenvalue weighted by molar-refractivity contribution is 7.89. The minimum atomic E-state index is -3.51. The number of aromatic amines is 1. The molecule has 0 amide bonds. The molecule has 1 rings (SSSR count). The van der Waals surface area contributed by atoms with Gasteiger partial charge in [0.05, 0.1) is 10.5 Å². The smallest absolute Gasteiger partial charge is 0.242 e. The van der Waals surface area contributed by atoms with Crippen LogP contribution in [0.4, 0.5) is 0 Å². The SMILES string of the molecule is CCNCc1cc(S(=O)(=O)NCC(C)(C)OCC)c[nH]1. The van der Waals surface area contributed by atoms with Crippen molar-refractivity contribution in [3.05, 3.63) is 18.0 Å². The maximum absolute atomic E-state index is 12.2. The van der Waals surface area contributed by atoms with E-state index < -0.39 is 15.6 Å². The Morgan fingerprint density at radius 2 is 2.05 bits per heavy atom. The van der Waals surface area contributed by atoms with Gasteiger partial charge in [-0.1, -0.05) is 6.92 Å². The molecule has 1 heterocycles. The van der Waals surface area contributed by atoms with E-state index >= 15 is 0 Å². The predicted molar refractivity (Wildman–Crippen MR) is 79.1 cm³/mol. The Morgan fingerprint density at radius 1 is 1.35 bits per heavy atom. The second-order valence-corrected chi connectivity index (χ2v) is 6.93. The third-order valence-electron chi connectivity index (χ3n) is 2.82. The summed E-state index contributed by atoms with van der Waals surface area (Å²) in [5.41, 5.74) is 0.321. The molecule has 20 heavy (non-hydrogen) atoms. The van der Waals surface area contributed by atoms with E-state index in [0.717, 1.165) is 12.2 Å². The van der Waals surface area contributed by atoms with E-state index in [9.17, 15) is 8.42 Å². The van der Waals surface area contributed by atoms with Crippen LogP contribution >= 0.6 is 0 Å². The van der Waals surface area contributed by atoms with Crippen molar-refractivity contribution in [1.82, 2.24) is 15.0 Å². The maximum Gasteiger partial charge on any atom is 0.242 e. The van der Waals surface area contributed by atoms with Gasteiger partial charge in [0.1, 0.15) is 0 Å². The molecule has 0 atom stereocenters. The van der Waals surface area contributed by atoms with Gasteiger partial charge in [-0.3, -0.25) is 0 Å². The second-order valence-electron chi connectivity index (χ2n) is 5.16. The highest BCUT2D eigenvalue weighted by Crippen LogP contribution is 2.13. The zero-order valence-electron chi connectivity index (χ0n) is 12.6. The Hall–Kier alpha value is -0.890. The van der Waals surface area contributed by atoms with Crippen LogP contribution in [0.1, 0.15) is 33.4 Å². The molecule has 0 saturated heterocycles. The molecular weight excluding hydrogens is 278 g/mol. The van der Waals surface area contributed by atoms with Gasteiger partial charge in [-0.2, -0.15) is 0 Å². The van der Waals surface area contributed by atoms with Gasteiger partial charge in [-0.15, -0.1) is 0 Å². The molecule has 0 unspecified atom stereocenters. The molecule has 0 bridgehead atoms. The van der Waals surface area contributed by atoms with Crippen LogP contribution in [-0.2, 0) is 21.3 Å². The minimum absolute atomic E-state index is 0.233. The molecule has 0 spiro atoms. The Bertz CT molecular complexity index is 509. The van der Waals surface area contributed by atoms with Crippen molar-refractivity contribution in [2.75, 3.05) is 19.7 Å². The van der Waals surface area contributed by atoms with E-state index in [-0.39, 0.29) is 11.4 Å². The van der Waals surface area contributed by atoms with Gasteiger partial charge in [0.25, 0.3) is 0 Å². The number of nitrogens with one attached hydrogen (secondary N) is 3. The lowest BCUT2D eigenvalue weighted by Crippen LogP contribution is -2.40. The first-order valence-electron chi connectivity index (χ1n) is 6.82.